The predicted octanol–water partition coefficient (Wildman–Crippen LogP) is 4.39. The van der Waals surface area contributed by atoms with Crippen LogP contribution >= 0.6 is 23.2 Å². The third-order valence-corrected chi connectivity index (χ3v) is 7.55. The molecule has 0 atom stereocenters. The summed E-state index contributed by atoms with van der Waals surface area (Å²) in [4.78, 5) is 28.3. The van der Waals surface area contributed by atoms with Crippen molar-refractivity contribution in [2.24, 2.45) is 0 Å². The zero-order valence-corrected chi connectivity index (χ0v) is 20.7. The monoisotopic (exact) mass is 513 g/mol. The highest BCUT2D eigenvalue weighted by Gasteiger charge is 2.35. The molecule has 2 aromatic rings. The first-order chi connectivity index (χ1) is 15.6. The van der Waals surface area contributed by atoms with Crippen LogP contribution in [0.5, 0.6) is 0 Å². The van der Waals surface area contributed by atoms with Crippen LogP contribution in [0.4, 0.5) is 9.59 Å². The van der Waals surface area contributed by atoms with E-state index in [0.29, 0.717) is 10.6 Å². The van der Waals surface area contributed by atoms with Crippen LogP contribution < -0.4 is 0 Å². The summed E-state index contributed by atoms with van der Waals surface area (Å²) in [5.41, 5.74) is 1.33. The van der Waals surface area contributed by atoms with Gasteiger partial charge in [-0.3, -0.25) is 0 Å². The van der Waals surface area contributed by atoms with Crippen LogP contribution in [-0.2, 0) is 21.3 Å². The number of hydrogen-bond acceptors (Lipinski definition) is 5. The molecule has 0 bridgehead atoms. The van der Waals surface area contributed by atoms with E-state index >= 15 is 0 Å². The molecule has 178 valence electrons. The maximum Gasteiger partial charge on any atom is 0.409 e. The van der Waals surface area contributed by atoms with E-state index in [0.717, 1.165) is 9.87 Å². The van der Waals surface area contributed by atoms with Gasteiger partial charge in [-0.2, -0.15) is 0 Å². The van der Waals surface area contributed by atoms with Crippen LogP contribution in [0.15, 0.2) is 47.4 Å². The zero-order valence-electron chi connectivity index (χ0n) is 18.3. The van der Waals surface area contributed by atoms with E-state index in [1.165, 1.54) is 28.0 Å². The van der Waals surface area contributed by atoms with E-state index in [2.05, 4.69) is 0 Å². The van der Waals surface area contributed by atoms with Gasteiger partial charge in [-0.1, -0.05) is 47.0 Å². The van der Waals surface area contributed by atoms with Crippen LogP contribution in [0, 0.1) is 6.92 Å². The van der Waals surface area contributed by atoms with Gasteiger partial charge in [0.2, 0.25) is 0 Å². The number of piperazine rings is 1. The Morgan fingerprint density at radius 2 is 1.61 bits per heavy atom. The lowest BCUT2D eigenvalue weighted by Gasteiger charge is -2.36. The molecule has 0 saturated carbocycles. The van der Waals surface area contributed by atoms with E-state index in [1.807, 2.05) is 6.92 Å². The Morgan fingerprint density at radius 3 is 2.18 bits per heavy atom. The number of hydrogen-bond donors (Lipinski definition) is 0. The highest BCUT2D eigenvalue weighted by Crippen LogP contribution is 2.26. The van der Waals surface area contributed by atoms with Gasteiger partial charge in [-0.05, 0) is 43.7 Å². The number of ether oxygens (including phenoxy) is 1. The molecular formula is C22H25Cl2N3O5S. The number of carbonyl (C=O) groups is 2. The lowest BCUT2D eigenvalue weighted by atomic mass is 10.2. The number of benzene rings is 2. The smallest absolute Gasteiger partial charge is 0.409 e. The number of aryl methyl sites for hydroxylation is 1. The number of carbonyl (C=O) groups excluding carboxylic acids is 2. The first kappa shape index (κ1) is 25.1. The van der Waals surface area contributed by atoms with Gasteiger partial charge in [0.15, 0.2) is 0 Å². The minimum Gasteiger partial charge on any atom is -0.450 e. The van der Waals surface area contributed by atoms with Gasteiger partial charge in [0.25, 0.3) is 10.0 Å². The molecular weight excluding hydrogens is 489 g/mol. The molecule has 0 spiro atoms. The highest BCUT2D eigenvalue weighted by atomic mass is 35.5. The van der Waals surface area contributed by atoms with Gasteiger partial charge in [0, 0.05) is 36.2 Å². The SMILES string of the molecule is CCOC(=O)N1CCN(C(=O)N(Cc2ccc(Cl)cc2Cl)S(=O)(=O)c2ccc(C)cc2)CC1. The fourth-order valence-electron chi connectivity index (χ4n) is 3.35. The van der Waals surface area contributed by atoms with E-state index in [9.17, 15) is 18.0 Å². The normalized spacial score (nSPS) is 14.2. The average molecular weight is 514 g/mol. The van der Waals surface area contributed by atoms with Crippen LogP contribution in [0.2, 0.25) is 10.0 Å². The molecule has 0 radical (unpaired) electrons. The average Bonchev–Trinajstić information content (AvgIpc) is 2.78. The Balaban J connectivity index is 1.89. The number of rotatable bonds is 5. The Labute approximate surface area is 203 Å². The second kappa shape index (κ2) is 10.6. The largest absolute Gasteiger partial charge is 0.450 e. The molecule has 0 aliphatic carbocycles. The number of nitrogens with zero attached hydrogens (tertiary/aromatic N) is 3. The van der Waals surface area contributed by atoms with Gasteiger partial charge < -0.3 is 14.5 Å². The van der Waals surface area contributed by atoms with Crippen molar-refractivity contribution in [2.45, 2.75) is 25.3 Å². The third kappa shape index (κ3) is 5.90. The summed E-state index contributed by atoms with van der Waals surface area (Å²) in [5.74, 6) is 0. The summed E-state index contributed by atoms with van der Waals surface area (Å²) < 4.78 is 32.8. The standard InChI is InChI=1S/C22H25Cl2N3O5S/c1-3-32-22(29)26-12-10-25(11-13-26)21(28)27(15-17-6-7-18(23)14-20(17)24)33(30,31)19-8-4-16(2)5-9-19/h4-9,14H,3,10-13,15H2,1-2H3. The maximum atomic E-state index is 13.5. The minimum absolute atomic E-state index is 0.00306. The summed E-state index contributed by atoms with van der Waals surface area (Å²) >= 11 is 12.2. The van der Waals surface area contributed by atoms with Gasteiger partial charge in [-0.15, -0.1) is 0 Å². The van der Waals surface area contributed by atoms with Crippen LogP contribution in [0.3, 0.4) is 0 Å². The molecule has 2 aromatic carbocycles. The Hall–Kier alpha value is -2.49. The second-order valence-corrected chi connectivity index (χ2v) is 10.2. The van der Waals surface area contributed by atoms with Crippen molar-refractivity contribution in [1.29, 1.82) is 0 Å². The predicted molar refractivity (Wildman–Crippen MR) is 126 cm³/mol. The van der Waals surface area contributed by atoms with Gasteiger partial charge in [0.05, 0.1) is 18.0 Å². The molecule has 3 amide bonds. The molecule has 1 aliphatic heterocycles. The van der Waals surface area contributed by atoms with Crippen molar-refractivity contribution in [3.63, 3.8) is 0 Å². The summed E-state index contributed by atoms with van der Waals surface area (Å²) in [7, 11) is -4.18. The molecule has 1 aliphatic rings. The van der Waals surface area contributed by atoms with Crippen LogP contribution in [0.25, 0.3) is 0 Å². The first-order valence-electron chi connectivity index (χ1n) is 10.4. The van der Waals surface area contributed by atoms with Crippen molar-refractivity contribution < 1.29 is 22.7 Å². The van der Waals surface area contributed by atoms with Crippen molar-refractivity contribution >= 4 is 45.3 Å². The maximum absolute atomic E-state index is 13.5. The van der Waals surface area contributed by atoms with E-state index < -0.39 is 22.1 Å². The van der Waals surface area contributed by atoms with Crippen molar-refractivity contribution in [1.82, 2.24) is 14.1 Å². The number of urea groups is 1. The quantitative estimate of drug-likeness (QED) is 0.591. The van der Waals surface area contributed by atoms with Crippen LogP contribution in [0.1, 0.15) is 18.1 Å². The Morgan fingerprint density at radius 1 is 1.00 bits per heavy atom. The van der Waals surface area contributed by atoms with Crippen molar-refractivity contribution in [3.05, 3.63) is 63.6 Å². The molecule has 8 nitrogen and oxygen atoms in total. The molecule has 33 heavy (non-hydrogen) atoms. The highest BCUT2D eigenvalue weighted by molar-refractivity contribution is 7.89. The summed E-state index contributed by atoms with van der Waals surface area (Å²) in [5, 5.41) is 0.657. The lowest BCUT2D eigenvalue weighted by Crippen LogP contribution is -2.54. The second-order valence-electron chi connectivity index (χ2n) is 7.52. The molecule has 1 fully saturated rings. The number of sulfonamides is 1. The molecule has 1 heterocycles. The van der Waals surface area contributed by atoms with Gasteiger partial charge in [-0.25, -0.2) is 22.3 Å². The van der Waals surface area contributed by atoms with Gasteiger partial charge in [0.1, 0.15) is 0 Å². The summed E-state index contributed by atoms with van der Waals surface area (Å²) in [6, 6.07) is 10.3. The van der Waals surface area contributed by atoms with Gasteiger partial charge >= 0.3 is 12.1 Å². The molecule has 0 unspecified atom stereocenters. The van der Waals surface area contributed by atoms with Crippen molar-refractivity contribution in [2.75, 3.05) is 32.8 Å². The molecule has 1 saturated heterocycles. The topological polar surface area (TPSA) is 87.2 Å². The summed E-state index contributed by atoms with van der Waals surface area (Å²) in [6.45, 7) is 4.38. The summed E-state index contributed by atoms with van der Waals surface area (Å²) in [6.07, 6.45) is -0.457. The zero-order chi connectivity index (χ0) is 24.2. The third-order valence-electron chi connectivity index (χ3n) is 5.23. The fourth-order valence-corrected chi connectivity index (χ4v) is 5.18. The number of amides is 3. The van der Waals surface area contributed by atoms with Crippen LogP contribution in [-0.4, -0.2) is 67.4 Å². The molecule has 11 heteroatoms. The molecule has 0 aromatic heterocycles. The molecule has 0 N–H and O–H groups in total. The van der Waals surface area contributed by atoms with Crippen molar-refractivity contribution in [3.8, 4) is 0 Å². The lowest BCUT2D eigenvalue weighted by molar-refractivity contribution is 0.0822. The molecule has 3 rings (SSSR count). The Kier molecular flexibility index (Phi) is 8.10. The van der Waals surface area contributed by atoms with E-state index in [-0.39, 0.29) is 49.2 Å². The van der Waals surface area contributed by atoms with E-state index in [1.54, 1.807) is 31.2 Å². The fraction of sp³-hybridized carbons (Fsp3) is 0.364. The Bertz CT molecular complexity index is 1120. The van der Waals surface area contributed by atoms with E-state index in [4.69, 9.17) is 27.9 Å². The minimum atomic E-state index is -4.18. The first-order valence-corrected chi connectivity index (χ1v) is 12.6. The number of halogens is 2.